The van der Waals surface area contributed by atoms with Crippen LogP contribution in [0, 0.1) is 6.92 Å². The van der Waals surface area contributed by atoms with Gasteiger partial charge in [-0.2, -0.15) is 9.61 Å². The van der Waals surface area contributed by atoms with E-state index in [-0.39, 0.29) is 11.5 Å². The first-order chi connectivity index (χ1) is 14.0. The van der Waals surface area contributed by atoms with E-state index in [1.54, 1.807) is 7.11 Å². The van der Waals surface area contributed by atoms with E-state index in [1.165, 1.54) is 11.3 Å². The van der Waals surface area contributed by atoms with E-state index in [4.69, 9.17) is 26.4 Å². The Labute approximate surface area is 178 Å². The van der Waals surface area contributed by atoms with Gasteiger partial charge in [0, 0.05) is 30.0 Å². The summed E-state index contributed by atoms with van der Waals surface area (Å²) in [6, 6.07) is 0.434. The number of nitrogens with zero attached hydrogens (tertiary/aromatic N) is 3. The summed E-state index contributed by atoms with van der Waals surface area (Å²) in [5, 5.41) is 8.51. The number of anilines is 1. The number of hydrogen-bond donors (Lipinski definition) is 1. The molecule has 0 radical (unpaired) electrons. The Morgan fingerprint density at radius 2 is 2.00 bits per heavy atom. The normalized spacial score (nSPS) is 21.5. The second kappa shape index (κ2) is 8.11. The third kappa shape index (κ3) is 3.49. The zero-order chi connectivity index (χ0) is 20.7. The van der Waals surface area contributed by atoms with E-state index < -0.39 is 0 Å². The molecule has 2 heterocycles. The molecule has 0 saturated heterocycles. The van der Waals surface area contributed by atoms with Gasteiger partial charge in [-0.05, 0) is 57.1 Å². The van der Waals surface area contributed by atoms with Gasteiger partial charge < -0.3 is 10.1 Å². The molecule has 2 aliphatic carbocycles. The summed E-state index contributed by atoms with van der Waals surface area (Å²) < 4.78 is 7.54. The van der Waals surface area contributed by atoms with E-state index >= 15 is 0 Å². The minimum absolute atomic E-state index is 0.105. The average Bonchev–Trinajstić information content (AvgIpc) is 3.30. The van der Waals surface area contributed by atoms with Gasteiger partial charge in [-0.3, -0.25) is 0 Å². The third-order valence-electron chi connectivity index (χ3n) is 6.31. The van der Waals surface area contributed by atoms with Crippen molar-refractivity contribution in [2.75, 3.05) is 12.4 Å². The van der Waals surface area contributed by atoms with E-state index in [2.05, 4.69) is 45.2 Å². The molecule has 5 nitrogen and oxygen atoms in total. The standard InChI is InChI=1S/C23H31ClN4O/c1-6-15(7-2)25-22-16-9-8-10-19(16)26-23-21(14(4)27-28(22)23)17-12-18(24)20(29-5)11-13(17)3/h11-12,15,18,20,25H,6-10H2,1-5H3. The first-order valence-electron chi connectivity index (χ1n) is 10.7. The van der Waals surface area contributed by atoms with Crippen LogP contribution in [-0.2, 0) is 17.6 Å². The summed E-state index contributed by atoms with van der Waals surface area (Å²) in [4.78, 5) is 5.09. The van der Waals surface area contributed by atoms with Crippen molar-refractivity contribution < 1.29 is 4.74 Å². The van der Waals surface area contributed by atoms with Gasteiger partial charge in [0.15, 0.2) is 5.65 Å². The van der Waals surface area contributed by atoms with Gasteiger partial charge in [-0.25, -0.2) is 4.98 Å². The molecule has 29 heavy (non-hydrogen) atoms. The number of aryl methyl sites for hydroxylation is 2. The topological polar surface area (TPSA) is 51.5 Å². The molecule has 0 aliphatic heterocycles. The SMILES string of the molecule is CCC(CC)Nc1c2c(nc3c(C4=CC(Cl)C(OC)C=C4C)c(C)nn13)CCC2. The average molecular weight is 415 g/mol. The number of ether oxygens (including phenoxy) is 1. The Bertz CT molecular complexity index is 987. The molecule has 156 valence electrons. The summed E-state index contributed by atoms with van der Waals surface area (Å²) >= 11 is 6.59. The van der Waals surface area contributed by atoms with E-state index in [0.717, 1.165) is 66.0 Å². The lowest BCUT2D eigenvalue weighted by Gasteiger charge is -2.23. The van der Waals surface area contributed by atoms with Crippen molar-refractivity contribution in [3.63, 3.8) is 0 Å². The maximum atomic E-state index is 6.59. The highest BCUT2D eigenvalue weighted by Crippen LogP contribution is 2.37. The largest absolute Gasteiger partial charge is 0.375 e. The Kier molecular flexibility index (Phi) is 5.71. The Balaban J connectivity index is 1.90. The molecule has 0 spiro atoms. The number of halogens is 1. The number of nitrogens with one attached hydrogen (secondary N) is 1. The van der Waals surface area contributed by atoms with E-state index in [0.29, 0.717) is 6.04 Å². The number of rotatable bonds is 6. The van der Waals surface area contributed by atoms with Crippen molar-refractivity contribution in [3.8, 4) is 0 Å². The lowest BCUT2D eigenvalue weighted by atomic mass is 9.91. The van der Waals surface area contributed by atoms with Crippen LogP contribution >= 0.6 is 11.6 Å². The van der Waals surface area contributed by atoms with Crippen LogP contribution in [0.4, 0.5) is 5.82 Å². The number of fused-ring (bicyclic) bond motifs is 2. The Morgan fingerprint density at radius 1 is 1.24 bits per heavy atom. The van der Waals surface area contributed by atoms with Crippen molar-refractivity contribution in [1.82, 2.24) is 14.6 Å². The lowest BCUT2D eigenvalue weighted by Crippen LogP contribution is -2.23. The first-order valence-corrected chi connectivity index (χ1v) is 11.2. The van der Waals surface area contributed by atoms with Crippen LogP contribution in [0.3, 0.4) is 0 Å². The Hall–Kier alpha value is -1.85. The monoisotopic (exact) mass is 414 g/mol. The fraction of sp³-hybridized carbons (Fsp3) is 0.565. The molecule has 1 N–H and O–H groups in total. The summed E-state index contributed by atoms with van der Waals surface area (Å²) in [5.74, 6) is 1.13. The number of methoxy groups -OCH3 is 1. The van der Waals surface area contributed by atoms with Gasteiger partial charge in [0.2, 0.25) is 0 Å². The highest BCUT2D eigenvalue weighted by atomic mass is 35.5. The predicted molar refractivity (Wildman–Crippen MR) is 120 cm³/mol. The molecule has 0 fully saturated rings. The van der Waals surface area contributed by atoms with Crippen molar-refractivity contribution >= 4 is 28.6 Å². The highest BCUT2D eigenvalue weighted by molar-refractivity contribution is 6.23. The number of alkyl halides is 1. The van der Waals surface area contributed by atoms with Crippen molar-refractivity contribution in [2.45, 2.75) is 77.3 Å². The molecule has 0 saturated carbocycles. The molecule has 6 heteroatoms. The van der Waals surface area contributed by atoms with E-state index in [1.807, 2.05) is 4.52 Å². The molecule has 2 atom stereocenters. The molecule has 4 rings (SSSR count). The molecule has 2 aromatic rings. The zero-order valence-corrected chi connectivity index (χ0v) is 18.8. The first kappa shape index (κ1) is 20.4. The quantitative estimate of drug-likeness (QED) is 0.668. The molecular weight excluding hydrogens is 384 g/mol. The van der Waals surface area contributed by atoms with Crippen LogP contribution in [0.1, 0.15) is 62.5 Å². The lowest BCUT2D eigenvalue weighted by molar-refractivity contribution is 0.145. The maximum Gasteiger partial charge on any atom is 0.165 e. The number of allylic oxidation sites excluding steroid dienone is 2. The summed E-state index contributed by atoms with van der Waals surface area (Å²) in [5.41, 5.74) is 7.80. The van der Waals surface area contributed by atoms with Crippen molar-refractivity contribution in [2.24, 2.45) is 0 Å². The van der Waals surface area contributed by atoms with Gasteiger partial charge in [0.25, 0.3) is 0 Å². The second-order valence-corrected chi connectivity index (χ2v) is 8.67. The smallest absolute Gasteiger partial charge is 0.165 e. The summed E-state index contributed by atoms with van der Waals surface area (Å²) in [7, 11) is 1.70. The minimum Gasteiger partial charge on any atom is -0.375 e. The molecule has 2 aromatic heterocycles. The van der Waals surface area contributed by atoms with Crippen LogP contribution in [-0.4, -0.2) is 39.2 Å². The van der Waals surface area contributed by atoms with Crippen LogP contribution < -0.4 is 5.32 Å². The van der Waals surface area contributed by atoms with Gasteiger partial charge in [0.1, 0.15) is 5.82 Å². The maximum absolute atomic E-state index is 6.59. The van der Waals surface area contributed by atoms with Gasteiger partial charge in [0.05, 0.1) is 17.2 Å². The van der Waals surface area contributed by atoms with Gasteiger partial charge in [-0.1, -0.05) is 26.0 Å². The van der Waals surface area contributed by atoms with Crippen molar-refractivity contribution in [3.05, 3.63) is 40.2 Å². The summed E-state index contributed by atoms with van der Waals surface area (Å²) in [6.45, 7) is 8.64. The fourth-order valence-electron chi connectivity index (χ4n) is 4.58. The second-order valence-electron chi connectivity index (χ2n) is 8.17. The molecule has 0 bridgehead atoms. The third-order valence-corrected chi connectivity index (χ3v) is 6.68. The predicted octanol–water partition coefficient (Wildman–Crippen LogP) is 5.09. The molecule has 0 aromatic carbocycles. The van der Waals surface area contributed by atoms with Crippen LogP contribution in [0.5, 0.6) is 0 Å². The molecular formula is C23H31ClN4O. The zero-order valence-electron chi connectivity index (χ0n) is 18.1. The molecule has 2 aliphatic rings. The van der Waals surface area contributed by atoms with Gasteiger partial charge >= 0.3 is 0 Å². The fourth-order valence-corrected chi connectivity index (χ4v) is 4.88. The summed E-state index contributed by atoms with van der Waals surface area (Å²) in [6.07, 6.45) is 9.52. The van der Waals surface area contributed by atoms with Crippen LogP contribution in [0.2, 0.25) is 0 Å². The minimum atomic E-state index is -0.204. The molecule has 2 unspecified atom stereocenters. The highest BCUT2D eigenvalue weighted by Gasteiger charge is 2.28. The van der Waals surface area contributed by atoms with Gasteiger partial charge in [-0.15, -0.1) is 11.6 Å². The van der Waals surface area contributed by atoms with Crippen molar-refractivity contribution in [1.29, 1.82) is 0 Å². The number of aromatic nitrogens is 3. The van der Waals surface area contributed by atoms with E-state index in [9.17, 15) is 0 Å². The molecule has 0 amide bonds. The Morgan fingerprint density at radius 3 is 2.69 bits per heavy atom. The van der Waals surface area contributed by atoms with Crippen LogP contribution in [0.25, 0.3) is 11.2 Å². The number of hydrogen-bond acceptors (Lipinski definition) is 4. The van der Waals surface area contributed by atoms with Crippen LogP contribution in [0.15, 0.2) is 17.7 Å².